The molecule has 78 valence electrons. The highest BCUT2D eigenvalue weighted by atomic mass is 16.3. The van der Waals surface area contributed by atoms with Crippen molar-refractivity contribution in [3.8, 4) is 0 Å². The maximum absolute atomic E-state index is 9.47. The first-order valence-corrected chi connectivity index (χ1v) is 5.08. The highest BCUT2D eigenvalue weighted by molar-refractivity contribution is 4.87. The molecular formula is C10H22N2O. The maximum Gasteiger partial charge on any atom is 0.0677 e. The molecule has 1 saturated heterocycles. The highest BCUT2D eigenvalue weighted by Gasteiger charge is 2.29. The molecule has 0 aliphatic carbocycles. The van der Waals surface area contributed by atoms with E-state index in [0.717, 1.165) is 19.6 Å². The average Bonchev–Trinajstić information content (AvgIpc) is 2.03. The first-order chi connectivity index (χ1) is 5.91. The van der Waals surface area contributed by atoms with Crippen LogP contribution in [0.2, 0.25) is 0 Å². The number of nitrogens with zero attached hydrogens (tertiary/aromatic N) is 1. The molecule has 1 aliphatic rings. The maximum atomic E-state index is 9.47. The number of nitrogens with one attached hydrogen (secondary N) is 1. The molecule has 0 amide bonds. The molecular weight excluding hydrogens is 164 g/mol. The van der Waals surface area contributed by atoms with Gasteiger partial charge in [0, 0.05) is 31.2 Å². The number of hydrogen-bond donors (Lipinski definition) is 2. The zero-order chi connectivity index (χ0) is 10.1. The summed E-state index contributed by atoms with van der Waals surface area (Å²) in [5.74, 6) is 0. The van der Waals surface area contributed by atoms with Crippen molar-refractivity contribution in [3.05, 3.63) is 0 Å². The van der Waals surface area contributed by atoms with Crippen molar-refractivity contribution < 1.29 is 5.11 Å². The lowest BCUT2D eigenvalue weighted by Gasteiger charge is -2.42. The van der Waals surface area contributed by atoms with Gasteiger partial charge in [-0.3, -0.25) is 4.90 Å². The molecule has 3 heteroatoms. The van der Waals surface area contributed by atoms with Gasteiger partial charge in [0.25, 0.3) is 0 Å². The van der Waals surface area contributed by atoms with E-state index in [0.29, 0.717) is 0 Å². The molecule has 2 atom stereocenters. The number of piperazine rings is 1. The predicted octanol–water partition coefficient (Wildman–Crippen LogP) is 0.440. The van der Waals surface area contributed by atoms with Crippen molar-refractivity contribution in [2.24, 2.45) is 0 Å². The molecule has 1 fully saturated rings. The third kappa shape index (κ3) is 2.93. The number of hydrogen-bond acceptors (Lipinski definition) is 3. The van der Waals surface area contributed by atoms with Gasteiger partial charge in [-0.05, 0) is 27.7 Å². The van der Waals surface area contributed by atoms with Gasteiger partial charge in [-0.15, -0.1) is 0 Å². The fourth-order valence-electron chi connectivity index (χ4n) is 1.71. The monoisotopic (exact) mass is 186 g/mol. The van der Waals surface area contributed by atoms with Crippen LogP contribution in [0.15, 0.2) is 0 Å². The van der Waals surface area contributed by atoms with Gasteiger partial charge in [-0.1, -0.05) is 0 Å². The van der Waals surface area contributed by atoms with Crippen LogP contribution in [0.4, 0.5) is 0 Å². The zero-order valence-electron chi connectivity index (χ0n) is 9.17. The summed E-state index contributed by atoms with van der Waals surface area (Å²) in [6.45, 7) is 11.5. The Balaban J connectivity index is 2.52. The Bertz CT molecular complexity index is 163. The van der Waals surface area contributed by atoms with Gasteiger partial charge in [0.15, 0.2) is 0 Å². The first kappa shape index (κ1) is 11.0. The van der Waals surface area contributed by atoms with E-state index in [1.54, 1.807) is 0 Å². The van der Waals surface area contributed by atoms with Crippen LogP contribution >= 0.6 is 0 Å². The van der Waals surface area contributed by atoms with E-state index in [1.807, 2.05) is 6.92 Å². The Morgan fingerprint density at radius 1 is 1.46 bits per heavy atom. The molecule has 0 unspecified atom stereocenters. The summed E-state index contributed by atoms with van der Waals surface area (Å²) in [4.78, 5) is 2.42. The molecule has 3 nitrogen and oxygen atoms in total. The van der Waals surface area contributed by atoms with Gasteiger partial charge >= 0.3 is 0 Å². The van der Waals surface area contributed by atoms with Crippen LogP contribution in [0.25, 0.3) is 0 Å². The third-order valence-corrected chi connectivity index (χ3v) is 2.74. The summed E-state index contributed by atoms with van der Waals surface area (Å²) >= 11 is 0. The van der Waals surface area contributed by atoms with Gasteiger partial charge in [0.05, 0.1) is 6.10 Å². The van der Waals surface area contributed by atoms with Gasteiger partial charge in [0.1, 0.15) is 0 Å². The Labute approximate surface area is 81.1 Å². The van der Waals surface area contributed by atoms with E-state index in [9.17, 15) is 5.11 Å². The number of aliphatic hydroxyl groups excluding tert-OH is 1. The summed E-state index contributed by atoms with van der Waals surface area (Å²) in [7, 11) is 0. The zero-order valence-corrected chi connectivity index (χ0v) is 9.17. The molecule has 1 rings (SSSR count). The third-order valence-electron chi connectivity index (χ3n) is 2.74. The molecule has 0 aromatic carbocycles. The van der Waals surface area contributed by atoms with Crippen molar-refractivity contribution in [1.82, 2.24) is 10.2 Å². The molecule has 0 aromatic heterocycles. The van der Waals surface area contributed by atoms with Gasteiger partial charge in [0.2, 0.25) is 0 Å². The van der Waals surface area contributed by atoms with Gasteiger partial charge in [-0.2, -0.15) is 0 Å². The van der Waals surface area contributed by atoms with Gasteiger partial charge in [-0.25, -0.2) is 0 Å². The van der Waals surface area contributed by atoms with Crippen LogP contribution in [0.1, 0.15) is 27.7 Å². The summed E-state index contributed by atoms with van der Waals surface area (Å²) in [6, 6.07) is 0.230. The molecule has 0 spiro atoms. The topological polar surface area (TPSA) is 35.5 Å². The molecule has 13 heavy (non-hydrogen) atoms. The molecule has 0 radical (unpaired) electrons. The smallest absolute Gasteiger partial charge is 0.0677 e. The van der Waals surface area contributed by atoms with Crippen molar-refractivity contribution in [2.75, 3.05) is 19.6 Å². The standard InChI is InChI=1S/C10H22N2O/c1-8(13)9-7-12(6-5-11-9)10(2,3)4/h8-9,11,13H,5-7H2,1-4H3/t8-,9-/m0/s1. The molecule has 1 aliphatic heterocycles. The van der Waals surface area contributed by atoms with E-state index in [2.05, 4.69) is 31.0 Å². The average molecular weight is 186 g/mol. The Morgan fingerprint density at radius 2 is 2.08 bits per heavy atom. The SMILES string of the molecule is C[C@H](O)[C@@H]1CN(C(C)(C)C)CCN1. The normalized spacial score (nSPS) is 28.8. The Morgan fingerprint density at radius 3 is 2.54 bits per heavy atom. The van der Waals surface area contributed by atoms with Crippen LogP contribution in [0.3, 0.4) is 0 Å². The van der Waals surface area contributed by atoms with E-state index in [-0.39, 0.29) is 17.7 Å². The molecule has 1 heterocycles. The van der Waals surface area contributed by atoms with Crippen LogP contribution in [-0.2, 0) is 0 Å². The van der Waals surface area contributed by atoms with Crippen LogP contribution in [-0.4, -0.2) is 47.3 Å². The fraction of sp³-hybridized carbons (Fsp3) is 1.00. The quantitative estimate of drug-likeness (QED) is 0.624. The molecule has 0 bridgehead atoms. The second kappa shape index (κ2) is 3.95. The minimum absolute atomic E-state index is 0.218. The molecule has 0 aromatic rings. The lowest BCUT2D eigenvalue weighted by molar-refractivity contribution is 0.0476. The van der Waals surface area contributed by atoms with Crippen LogP contribution in [0.5, 0.6) is 0 Å². The fourth-order valence-corrected chi connectivity index (χ4v) is 1.71. The van der Waals surface area contributed by atoms with E-state index in [1.165, 1.54) is 0 Å². The van der Waals surface area contributed by atoms with Crippen LogP contribution < -0.4 is 5.32 Å². The molecule has 2 N–H and O–H groups in total. The molecule has 0 saturated carbocycles. The minimum Gasteiger partial charge on any atom is -0.392 e. The predicted molar refractivity (Wildman–Crippen MR) is 54.8 cm³/mol. The van der Waals surface area contributed by atoms with E-state index < -0.39 is 0 Å². The summed E-state index contributed by atoms with van der Waals surface area (Å²) in [6.07, 6.45) is -0.259. The van der Waals surface area contributed by atoms with Crippen molar-refractivity contribution in [2.45, 2.75) is 45.4 Å². The number of aliphatic hydroxyl groups is 1. The second-order valence-electron chi connectivity index (χ2n) is 4.92. The van der Waals surface area contributed by atoms with Crippen LogP contribution in [0, 0.1) is 0 Å². The lowest BCUT2D eigenvalue weighted by Crippen LogP contribution is -2.59. The number of rotatable bonds is 1. The van der Waals surface area contributed by atoms with Gasteiger partial charge < -0.3 is 10.4 Å². The van der Waals surface area contributed by atoms with Crippen molar-refractivity contribution in [3.63, 3.8) is 0 Å². The summed E-state index contributed by atoms with van der Waals surface area (Å²) in [5.41, 5.74) is 0.218. The lowest BCUT2D eigenvalue weighted by atomic mass is 10.0. The largest absolute Gasteiger partial charge is 0.392 e. The van der Waals surface area contributed by atoms with Crippen molar-refractivity contribution >= 4 is 0 Å². The summed E-state index contributed by atoms with van der Waals surface area (Å²) in [5, 5.41) is 12.8. The Kier molecular flexibility index (Phi) is 3.33. The Hall–Kier alpha value is -0.120. The van der Waals surface area contributed by atoms with E-state index in [4.69, 9.17) is 0 Å². The minimum atomic E-state index is -0.259. The highest BCUT2D eigenvalue weighted by Crippen LogP contribution is 2.16. The van der Waals surface area contributed by atoms with E-state index >= 15 is 0 Å². The second-order valence-corrected chi connectivity index (χ2v) is 4.92. The first-order valence-electron chi connectivity index (χ1n) is 5.08. The van der Waals surface area contributed by atoms with Crippen molar-refractivity contribution in [1.29, 1.82) is 0 Å². The summed E-state index contributed by atoms with van der Waals surface area (Å²) < 4.78 is 0.